The molecule has 0 unspecified atom stereocenters. The van der Waals surface area contributed by atoms with Crippen molar-refractivity contribution in [2.75, 3.05) is 66.7 Å². The minimum absolute atomic E-state index is 0.896. The van der Waals surface area contributed by atoms with Crippen LogP contribution in [0.2, 0.25) is 0 Å². The van der Waals surface area contributed by atoms with Crippen molar-refractivity contribution in [1.29, 1.82) is 0 Å². The lowest BCUT2D eigenvalue weighted by atomic mass is 10.2. The zero-order chi connectivity index (χ0) is 14.5. The highest BCUT2D eigenvalue weighted by molar-refractivity contribution is 4.68. The van der Waals surface area contributed by atoms with Gasteiger partial charge in [0.25, 0.3) is 0 Å². The van der Waals surface area contributed by atoms with E-state index in [2.05, 4.69) is 16.8 Å². The molecule has 0 spiro atoms. The summed E-state index contributed by atoms with van der Waals surface area (Å²) < 4.78 is 10.7. The number of hydrogen-bond donors (Lipinski definition) is 0. The van der Waals surface area contributed by atoms with Crippen LogP contribution >= 0.6 is 0 Å². The van der Waals surface area contributed by atoms with Crippen LogP contribution in [0.1, 0.15) is 38.5 Å². The minimum Gasteiger partial charge on any atom is -0.385 e. The zero-order valence-corrected chi connectivity index (χ0v) is 13.6. The Bertz CT molecular complexity index is 207. The Morgan fingerprint density at radius 1 is 0.750 bits per heavy atom. The topological polar surface area (TPSA) is 24.9 Å². The molecule has 0 amide bonds. The highest BCUT2D eigenvalue weighted by atomic mass is 16.5. The summed E-state index contributed by atoms with van der Waals surface area (Å²) in [5.41, 5.74) is 0. The molecule has 0 aromatic carbocycles. The van der Waals surface area contributed by atoms with E-state index in [0.29, 0.717) is 0 Å². The van der Waals surface area contributed by atoms with Gasteiger partial charge in [0.1, 0.15) is 0 Å². The molecule has 1 rings (SSSR count). The van der Waals surface area contributed by atoms with Gasteiger partial charge in [-0.2, -0.15) is 0 Å². The van der Waals surface area contributed by atoms with Gasteiger partial charge in [-0.3, -0.25) is 0 Å². The Hall–Kier alpha value is -0.160. The van der Waals surface area contributed by atoms with Crippen LogP contribution in [0, 0.1) is 0 Å². The van der Waals surface area contributed by atoms with Crippen molar-refractivity contribution in [2.24, 2.45) is 0 Å². The van der Waals surface area contributed by atoms with Crippen molar-refractivity contribution >= 4 is 0 Å². The summed E-state index contributed by atoms with van der Waals surface area (Å²) in [6.45, 7) is 8.92. The van der Waals surface area contributed by atoms with Crippen molar-refractivity contribution in [3.63, 3.8) is 0 Å². The largest absolute Gasteiger partial charge is 0.385 e. The zero-order valence-electron chi connectivity index (χ0n) is 13.6. The van der Waals surface area contributed by atoms with Crippen LogP contribution in [-0.2, 0) is 9.47 Å². The quantitative estimate of drug-likeness (QED) is 0.514. The second-order valence-corrected chi connectivity index (χ2v) is 5.87. The summed E-state index contributed by atoms with van der Waals surface area (Å²) in [5.74, 6) is 0. The van der Waals surface area contributed by atoms with Crippen LogP contribution in [0.3, 0.4) is 0 Å². The van der Waals surface area contributed by atoms with Crippen LogP contribution in [0.5, 0.6) is 0 Å². The predicted octanol–water partition coefficient (Wildman–Crippen LogP) is 2.24. The Kier molecular flexibility index (Phi) is 11.2. The van der Waals surface area contributed by atoms with Gasteiger partial charge in [0.15, 0.2) is 0 Å². The summed E-state index contributed by atoms with van der Waals surface area (Å²) in [5, 5.41) is 0. The normalized spacial score (nSPS) is 17.7. The Morgan fingerprint density at radius 2 is 1.35 bits per heavy atom. The summed E-state index contributed by atoms with van der Waals surface area (Å²) in [4.78, 5) is 4.99. The molecule has 0 aliphatic carbocycles. The third-order valence-electron chi connectivity index (χ3n) is 4.00. The fraction of sp³-hybridized carbons (Fsp3) is 1.00. The van der Waals surface area contributed by atoms with Gasteiger partial charge in [-0.25, -0.2) is 0 Å². The summed E-state index contributed by atoms with van der Waals surface area (Å²) in [7, 11) is 3.98. The van der Waals surface area contributed by atoms with Crippen molar-refractivity contribution < 1.29 is 9.47 Å². The van der Waals surface area contributed by atoms with E-state index in [1.165, 1.54) is 71.2 Å². The van der Waals surface area contributed by atoms with E-state index >= 15 is 0 Å². The number of hydrogen-bond acceptors (Lipinski definition) is 4. The average Bonchev–Trinajstić information content (AvgIpc) is 2.47. The Balaban J connectivity index is 1.74. The summed E-state index contributed by atoms with van der Waals surface area (Å²) in [6, 6.07) is 0. The molecule has 120 valence electrons. The molecule has 0 aromatic heterocycles. The van der Waals surface area contributed by atoms with Crippen molar-refractivity contribution in [2.45, 2.75) is 38.5 Å². The monoisotopic (exact) mass is 286 g/mol. The first-order valence-corrected chi connectivity index (χ1v) is 8.30. The number of piperazine rings is 1. The standard InChI is InChI=1S/C16H34N2O2/c1-17-10-12-18(13-11-17)9-5-8-16-20-15-7-4-3-6-14-19-2/h3-16H2,1-2H3. The van der Waals surface area contributed by atoms with Gasteiger partial charge < -0.3 is 19.3 Å². The maximum Gasteiger partial charge on any atom is 0.0466 e. The fourth-order valence-corrected chi connectivity index (χ4v) is 2.52. The van der Waals surface area contributed by atoms with Gasteiger partial charge in [0.2, 0.25) is 0 Å². The molecule has 1 aliphatic rings. The molecule has 0 atom stereocenters. The predicted molar refractivity (Wildman–Crippen MR) is 84.3 cm³/mol. The summed E-state index contributed by atoms with van der Waals surface area (Å²) >= 11 is 0. The van der Waals surface area contributed by atoms with Gasteiger partial charge in [0.05, 0.1) is 0 Å². The molecule has 1 aliphatic heterocycles. The number of methoxy groups -OCH3 is 1. The molecule has 0 aromatic rings. The maximum atomic E-state index is 5.69. The minimum atomic E-state index is 0.896. The molecule has 1 heterocycles. The SMILES string of the molecule is COCCCCCCOCCCCN1CCN(C)CC1. The average molecular weight is 286 g/mol. The van der Waals surface area contributed by atoms with E-state index < -0.39 is 0 Å². The fourth-order valence-electron chi connectivity index (χ4n) is 2.52. The first kappa shape index (κ1) is 17.9. The smallest absolute Gasteiger partial charge is 0.0466 e. The molecule has 1 saturated heterocycles. The first-order valence-electron chi connectivity index (χ1n) is 8.30. The van der Waals surface area contributed by atoms with Gasteiger partial charge in [-0.15, -0.1) is 0 Å². The summed E-state index contributed by atoms with van der Waals surface area (Å²) in [6.07, 6.45) is 7.39. The highest BCUT2D eigenvalue weighted by Gasteiger charge is 2.12. The van der Waals surface area contributed by atoms with Gasteiger partial charge >= 0.3 is 0 Å². The lowest BCUT2D eigenvalue weighted by Crippen LogP contribution is -2.44. The number of unbranched alkanes of at least 4 members (excludes halogenated alkanes) is 4. The van der Waals surface area contributed by atoms with Crippen LogP contribution in [-0.4, -0.2) is 76.5 Å². The van der Waals surface area contributed by atoms with Crippen LogP contribution in [0.15, 0.2) is 0 Å². The Morgan fingerprint density at radius 3 is 2.00 bits per heavy atom. The molecule has 0 bridgehead atoms. The second-order valence-electron chi connectivity index (χ2n) is 5.87. The van der Waals surface area contributed by atoms with E-state index in [-0.39, 0.29) is 0 Å². The number of ether oxygens (including phenoxy) is 2. The molecule has 4 heteroatoms. The molecule has 0 radical (unpaired) electrons. The number of rotatable bonds is 12. The van der Waals surface area contributed by atoms with Gasteiger partial charge in [0, 0.05) is 53.1 Å². The first-order chi connectivity index (χ1) is 9.83. The van der Waals surface area contributed by atoms with Crippen molar-refractivity contribution in [3.05, 3.63) is 0 Å². The van der Waals surface area contributed by atoms with E-state index in [4.69, 9.17) is 9.47 Å². The molecule has 20 heavy (non-hydrogen) atoms. The number of likely N-dealkylation sites (N-methyl/N-ethyl adjacent to an activating group) is 1. The highest BCUT2D eigenvalue weighted by Crippen LogP contribution is 2.03. The van der Waals surface area contributed by atoms with Crippen LogP contribution in [0.25, 0.3) is 0 Å². The van der Waals surface area contributed by atoms with Gasteiger partial charge in [-0.05, 0) is 39.3 Å². The third kappa shape index (κ3) is 9.70. The lowest BCUT2D eigenvalue weighted by Gasteiger charge is -2.32. The molecule has 4 nitrogen and oxygen atoms in total. The molecule has 0 saturated carbocycles. The molecule has 1 fully saturated rings. The van der Waals surface area contributed by atoms with Crippen molar-refractivity contribution in [3.8, 4) is 0 Å². The van der Waals surface area contributed by atoms with Crippen molar-refractivity contribution in [1.82, 2.24) is 9.80 Å². The number of nitrogens with zero attached hydrogens (tertiary/aromatic N) is 2. The molecular weight excluding hydrogens is 252 g/mol. The maximum absolute atomic E-state index is 5.69. The van der Waals surface area contributed by atoms with E-state index in [9.17, 15) is 0 Å². The van der Waals surface area contributed by atoms with E-state index in [1.54, 1.807) is 7.11 Å². The van der Waals surface area contributed by atoms with Gasteiger partial charge in [-0.1, -0.05) is 12.8 Å². The van der Waals surface area contributed by atoms with E-state index in [0.717, 1.165) is 19.8 Å². The lowest BCUT2D eigenvalue weighted by molar-refractivity contribution is 0.115. The second kappa shape index (κ2) is 12.6. The third-order valence-corrected chi connectivity index (χ3v) is 4.00. The van der Waals surface area contributed by atoms with E-state index in [1.807, 2.05) is 0 Å². The van der Waals surface area contributed by atoms with Crippen LogP contribution in [0.4, 0.5) is 0 Å². The molecular formula is C16H34N2O2. The van der Waals surface area contributed by atoms with Crippen LogP contribution < -0.4 is 0 Å². The Labute approximate surface area is 125 Å². The molecule has 0 N–H and O–H groups in total.